The number of esters is 1. The summed E-state index contributed by atoms with van der Waals surface area (Å²) >= 11 is 4.42. The third-order valence-corrected chi connectivity index (χ3v) is 2.55. The Morgan fingerprint density at radius 2 is 2.58 bits per heavy atom. The first-order valence-corrected chi connectivity index (χ1v) is 5.36. The predicted molar refractivity (Wildman–Crippen MR) is 50.7 cm³/mol. The lowest BCUT2D eigenvalue weighted by atomic mass is 10.4. The molecule has 0 atom stereocenters. The minimum Gasteiger partial charge on any atom is -0.462 e. The fourth-order valence-electron chi connectivity index (χ4n) is 0.673. The number of hydrogen-bond donors (Lipinski definition) is 0. The van der Waals surface area contributed by atoms with E-state index in [4.69, 9.17) is 4.74 Å². The van der Waals surface area contributed by atoms with Crippen LogP contribution in [0.25, 0.3) is 0 Å². The number of carbonyl (C=O) groups is 1. The molecule has 0 fully saturated rings. The molecule has 1 aromatic heterocycles. The molecule has 0 aromatic carbocycles. The monoisotopic (exact) mass is 249 g/mol. The van der Waals surface area contributed by atoms with Gasteiger partial charge in [0.1, 0.15) is 4.88 Å². The van der Waals surface area contributed by atoms with Crippen LogP contribution in [-0.2, 0) is 10.1 Å². The second-order valence-corrected chi connectivity index (χ2v) is 3.40. The van der Waals surface area contributed by atoms with Crippen LogP contribution in [0.4, 0.5) is 0 Å². The molecular weight excluding hydrogens is 242 g/mol. The van der Waals surface area contributed by atoms with Gasteiger partial charge in [-0.15, -0.1) is 0 Å². The van der Waals surface area contributed by atoms with Crippen molar-refractivity contribution in [3.8, 4) is 0 Å². The Balaban J connectivity index is 2.68. The van der Waals surface area contributed by atoms with Gasteiger partial charge in [0.05, 0.1) is 12.3 Å². The average Bonchev–Trinajstić information content (AvgIpc) is 2.52. The van der Waals surface area contributed by atoms with Crippen molar-refractivity contribution in [1.29, 1.82) is 0 Å². The Morgan fingerprint density at radius 3 is 3.08 bits per heavy atom. The van der Waals surface area contributed by atoms with Crippen LogP contribution in [0.5, 0.6) is 0 Å². The lowest BCUT2D eigenvalue weighted by Crippen LogP contribution is -2.01. The lowest BCUT2D eigenvalue weighted by Gasteiger charge is -1.95. The van der Waals surface area contributed by atoms with Crippen LogP contribution in [0.3, 0.4) is 0 Å². The Morgan fingerprint density at radius 1 is 1.83 bits per heavy atom. The van der Waals surface area contributed by atoms with Crippen molar-refractivity contribution in [2.45, 2.75) is 12.3 Å². The summed E-state index contributed by atoms with van der Waals surface area (Å²) in [6.45, 7) is 2.19. The van der Waals surface area contributed by atoms with Crippen molar-refractivity contribution in [2.75, 3.05) is 6.61 Å². The maximum atomic E-state index is 11.1. The minimum atomic E-state index is -0.290. The molecule has 3 nitrogen and oxygen atoms in total. The highest BCUT2D eigenvalue weighted by atomic mass is 79.9. The highest BCUT2D eigenvalue weighted by Crippen LogP contribution is 2.13. The van der Waals surface area contributed by atoms with E-state index in [-0.39, 0.29) is 5.97 Å². The highest BCUT2D eigenvalue weighted by molar-refractivity contribution is 9.08. The van der Waals surface area contributed by atoms with Crippen LogP contribution in [0.15, 0.2) is 6.07 Å². The van der Waals surface area contributed by atoms with Gasteiger partial charge in [-0.3, -0.25) is 0 Å². The van der Waals surface area contributed by atoms with Crippen LogP contribution in [0.2, 0.25) is 0 Å². The molecule has 0 saturated heterocycles. The molecule has 0 amide bonds. The van der Waals surface area contributed by atoms with E-state index in [0.29, 0.717) is 16.8 Å². The molecule has 0 bridgehead atoms. The zero-order valence-corrected chi connectivity index (χ0v) is 8.94. The topological polar surface area (TPSA) is 39.2 Å². The van der Waals surface area contributed by atoms with Gasteiger partial charge >= 0.3 is 5.97 Å². The number of alkyl halides is 1. The second kappa shape index (κ2) is 4.57. The van der Waals surface area contributed by atoms with Crippen molar-refractivity contribution in [2.24, 2.45) is 0 Å². The zero-order valence-electron chi connectivity index (χ0n) is 6.54. The van der Waals surface area contributed by atoms with Crippen LogP contribution in [-0.4, -0.2) is 16.9 Å². The standard InChI is InChI=1S/C7H8BrNO2S/c1-2-11-7(10)6-3-5(4-8)9-12-6/h3H,2,4H2,1H3. The van der Waals surface area contributed by atoms with E-state index >= 15 is 0 Å². The summed E-state index contributed by atoms with van der Waals surface area (Å²) in [6.07, 6.45) is 0. The summed E-state index contributed by atoms with van der Waals surface area (Å²) in [4.78, 5) is 11.7. The molecule has 0 saturated carbocycles. The van der Waals surface area contributed by atoms with E-state index in [1.54, 1.807) is 13.0 Å². The lowest BCUT2D eigenvalue weighted by molar-refractivity contribution is 0.0532. The van der Waals surface area contributed by atoms with E-state index < -0.39 is 0 Å². The van der Waals surface area contributed by atoms with Gasteiger partial charge in [0.25, 0.3) is 0 Å². The van der Waals surface area contributed by atoms with Crippen LogP contribution in [0.1, 0.15) is 22.3 Å². The summed E-state index contributed by atoms with van der Waals surface area (Å²) in [5.74, 6) is -0.290. The molecule has 1 aromatic rings. The molecule has 0 N–H and O–H groups in total. The fraction of sp³-hybridized carbons (Fsp3) is 0.429. The molecule has 1 heterocycles. The van der Waals surface area contributed by atoms with Crippen molar-refractivity contribution in [3.63, 3.8) is 0 Å². The minimum absolute atomic E-state index is 0.290. The van der Waals surface area contributed by atoms with Gasteiger partial charge in [0.2, 0.25) is 0 Å². The number of ether oxygens (including phenoxy) is 1. The maximum Gasteiger partial charge on any atom is 0.349 e. The molecule has 0 spiro atoms. The SMILES string of the molecule is CCOC(=O)c1cc(CBr)ns1. The van der Waals surface area contributed by atoms with Crippen molar-refractivity contribution < 1.29 is 9.53 Å². The zero-order chi connectivity index (χ0) is 8.97. The van der Waals surface area contributed by atoms with Crippen LogP contribution in [0, 0.1) is 0 Å². The largest absolute Gasteiger partial charge is 0.462 e. The normalized spacial score (nSPS) is 9.83. The number of nitrogens with zero attached hydrogens (tertiary/aromatic N) is 1. The van der Waals surface area contributed by atoms with Gasteiger partial charge in [-0.2, -0.15) is 4.37 Å². The smallest absolute Gasteiger partial charge is 0.349 e. The molecule has 66 valence electrons. The third-order valence-electron chi connectivity index (χ3n) is 1.17. The molecule has 0 unspecified atom stereocenters. The molecule has 12 heavy (non-hydrogen) atoms. The Kier molecular flexibility index (Phi) is 3.68. The first kappa shape index (κ1) is 9.67. The van der Waals surface area contributed by atoms with E-state index in [0.717, 1.165) is 5.69 Å². The number of aromatic nitrogens is 1. The first-order valence-electron chi connectivity index (χ1n) is 3.46. The first-order chi connectivity index (χ1) is 5.77. The Bertz CT molecular complexity index is 274. The Hall–Kier alpha value is -0.420. The van der Waals surface area contributed by atoms with Gasteiger partial charge in [0, 0.05) is 5.33 Å². The summed E-state index contributed by atoms with van der Waals surface area (Å²) in [6, 6.07) is 1.73. The third kappa shape index (κ3) is 2.28. The summed E-state index contributed by atoms with van der Waals surface area (Å²) in [7, 11) is 0. The number of halogens is 1. The van der Waals surface area contributed by atoms with Gasteiger partial charge in [-0.05, 0) is 24.5 Å². The number of hydrogen-bond acceptors (Lipinski definition) is 4. The van der Waals surface area contributed by atoms with Crippen molar-refractivity contribution in [3.05, 3.63) is 16.6 Å². The molecule has 0 aliphatic heterocycles. The van der Waals surface area contributed by atoms with Crippen LogP contribution >= 0.6 is 27.5 Å². The van der Waals surface area contributed by atoms with Crippen molar-refractivity contribution in [1.82, 2.24) is 4.37 Å². The Labute approximate surface area is 83.0 Å². The van der Waals surface area contributed by atoms with Gasteiger partial charge in [-0.1, -0.05) is 15.9 Å². The van der Waals surface area contributed by atoms with Gasteiger partial charge in [0.15, 0.2) is 0 Å². The summed E-state index contributed by atoms with van der Waals surface area (Å²) in [5.41, 5.74) is 0.864. The van der Waals surface area contributed by atoms with E-state index in [2.05, 4.69) is 20.3 Å². The average molecular weight is 250 g/mol. The van der Waals surface area contributed by atoms with E-state index in [9.17, 15) is 4.79 Å². The molecule has 0 aliphatic rings. The second-order valence-electron chi connectivity index (χ2n) is 2.04. The quantitative estimate of drug-likeness (QED) is 0.609. The van der Waals surface area contributed by atoms with Crippen LogP contribution < -0.4 is 0 Å². The van der Waals surface area contributed by atoms with Crippen molar-refractivity contribution >= 4 is 33.4 Å². The number of carbonyl (C=O) groups excluding carboxylic acids is 1. The molecule has 0 aliphatic carbocycles. The molecule has 1 rings (SSSR count). The van der Waals surface area contributed by atoms with E-state index in [1.807, 2.05) is 0 Å². The summed E-state index contributed by atoms with van der Waals surface area (Å²) < 4.78 is 8.83. The molecule has 0 radical (unpaired) electrons. The fourth-order valence-corrected chi connectivity index (χ4v) is 1.78. The number of rotatable bonds is 3. The van der Waals surface area contributed by atoms with E-state index in [1.165, 1.54) is 11.5 Å². The highest BCUT2D eigenvalue weighted by Gasteiger charge is 2.10. The summed E-state index contributed by atoms with van der Waals surface area (Å²) in [5, 5.41) is 0.670. The molecule has 5 heteroatoms. The predicted octanol–water partition coefficient (Wildman–Crippen LogP) is 2.21. The molecular formula is C7H8BrNO2S. The van der Waals surface area contributed by atoms with Gasteiger partial charge in [-0.25, -0.2) is 4.79 Å². The maximum absolute atomic E-state index is 11.1. The van der Waals surface area contributed by atoms with Gasteiger partial charge < -0.3 is 4.74 Å².